The summed E-state index contributed by atoms with van der Waals surface area (Å²) in [5, 5.41) is 21.5. The third-order valence-electron chi connectivity index (χ3n) is 5.81. The lowest BCUT2D eigenvalue weighted by molar-refractivity contribution is -0.271. The topological polar surface area (TPSA) is 66.8 Å². The van der Waals surface area contributed by atoms with Crippen LogP contribution in [-0.4, -0.2) is 33.0 Å². The van der Waals surface area contributed by atoms with Crippen LogP contribution in [0.1, 0.15) is 52.4 Å². The number of hydrogen-bond acceptors (Lipinski definition) is 4. The number of carbonyl (C=O) groups excluding carboxylic acids is 1. The first-order chi connectivity index (χ1) is 9.11. The van der Waals surface area contributed by atoms with E-state index >= 15 is 0 Å². The summed E-state index contributed by atoms with van der Waals surface area (Å²) in [6.07, 6.45) is 5.29. The monoisotopic (exact) mass is 280 g/mol. The van der Waals surface area contributed by atoms with E-state index in [1.165, 1.54) is 6.08 Å². The second-order valence-electron chi connectivity index (χ2n) is 7.87. The van der Waals surface area contributed by atoms with Gasteiger partial charge in [0, 0.05) is 17.9 Å². The van der Waals surface area contributed by atoms with Crippen LogP contribution in [0, 0.1) is 11.3 Å². The van der Waals surface area contributed by atoms with Crippen molar-refractivity contribution < 1.29 is 19.7 Å². The van der Waals surface area contributed by atoms with Gasteiger partial charge in [-0.2, -0.15) is 0 Å². The van der Waals surface area contributed by atoms with Gasteiger partial charge in [0.1, 0.15) is 5.60 Å². The summed E-state index contributed by atoms with van der Waals surface area (Å²) in [6, 6.07) is 0. The van der Waals surface area contributed by atoms with Crippen LogP contribution in [0.5, 0.6) is 0 Å². The first-order valence-electron chi connectivity index (χ1n) is 7.41. The van der Waals surface area contributed by atoms with E-state index in [2.05, 4.69) is 6.58 Å². The molecule has 2 N–H and O–H groups in total. The van der Waals surface area contributed by atoms with Crippen LogP contribution in [0.4, 0.5) is 0 Å². The number of carbonyl (C=O) groups is 1. The van der Waals surface area contributed by atoms with Crippen LogP contribution in [0.15, 0.2) is 12.7 Å². The third kappa shape index (κ3) is 1.92. The molecule has 0 spiro atoms. The van der Waals surface area contributed by atoms with Gasteiger partial charge in [-0.3, -0.25) is 0 Å². The first kappa shape index (κ1) is 14.1. The Morgan fingerprint density at radius 3 is 2.20 bits per heavy atom. The van der Waals surface area contributed by atoms with Crippen LogP contribution in [-0.2, 0) is 9.53 Å². The van der Waals surface area contributed by atoms with Crippen LogP contribution < -0.4 is 0 Å². The molecule has 0 amide bonds. The molecule has 20 heavy (non-hydrogen) atoms. The van der Waals surface area contributed by atoms with Gasteiger partial charge in [-0.25, -0.2) is 4.79 Å². The van der Waals surface area contributed by atoms with E-state index in [4.69, 9.17) is 4.74 Å². The molecule has 0 saturated heterocycles. The fourth-order valence-corrected chi connectivity index (χ4v) is 5.41. The van der Waals surface area contributed by atoms with Crippen molar-refractivity contribution in [2.45, 2.75) is 69.2 Å². The Hall–Kier alpha value is -0.870. The minimum atomic E-state index is -0.800. The fourth-order valence-electron chi connectivity index (χ4n) is 5.41. The molecule has 4 rings (SSSR count). The molecule has 4 saturated carbocycles. The van der Waals surface area contributed by atoms with E-state index < -0.39 is 22.8 Å². The first-order valence-corrected chi connectivity index (χ1v) is 7.41. The maximum atomic E-state index is 11.6. The van der Waals surface area contributed by atoms with Crippen molar-refractivity contribution in [3.05, 3.63) is 12.7 Å². The predicted octanol–water partition coefficient (Wildman–Crippen LogP) is 1.94. The number of hydrogen-bond donors (Lipinski definition) is 2. The highest BCUT2D eigenvalue weighted by molar-refractivity contribution is 5.81. The average Bonchev–Trinajstić information content (AvgIpc) is 2.22. The fraction of sp³-hybridized carbons (Fsp3) is 0.812. The molecule has 4 bridgehead atoms. The van der Waals surface area contributed by atoms with Gasteiger partial charge in [0.25, 0.3) is 0 Å². The lowest BCUT2D eigenvalue weighted by Gasteiger charge is -2.66. The van der Waals surface area contributed by atoms with Crippen LogP contribution in [0.25, 0.3) is 0 Å². The Morgan fingerprint density at radius 2 is 1.75 bits per heavy atom. The van der Waals surface area contributed by atoms with E-state index in [0.717, 1.165) is 19.3 Å². The summed E-state index contributed by atoms with van der Waals surface area (Å²) in [7, 11) is 0. The smallest absolute Gasteiger partial charge is 0.330 e. The summed E-state index contributed by atoms with van der Waals surface area (Å²) >= 11 is 0. The van der Waals surface area contributed by atoms with Crippen molar-refractivity contribution in [3.8, 4) is 0 Å². The summed E-state index contributed by atoms with van der Waals surface area (Å²) < 4.78 is 5.58. The molecule has 4 aliphatic rings. The molecule has 4 fully saturated rings. The van der Waals surface area contributed by atoms with Crippen LogP contribution in [0.2, 0.25) is 0 Å². The molecule has 2 unspecified atom stereocenters. The molecule has 0 radical (unpaired) electrons. The van der Waals surface area contributed by atoms with Crippen LogP contribution >= 0.6 is 0 Å². The Labute approximate surface area is 119 Å². The number of aliphatic hydroxyl groups is 2. The van der Waals surface area contributed by atoms with Crippen molar-refractivity contribution in [2.24, 2.45) is 11.3 Å². The van der Waals surface area contributed by atoms with Crippen molar-refractivity contribution in [1.82, 2.24) is 0 Å². The van der Waals surface area contributed by atoms with Gasteiger partial charge in [-0.05, 0) is 51.9 Å². The molecule has 0 aromatic heterocycles. The molecule has 112 valence electrons. The summed E-state index contributed by atoms with van der Waals surface area (Å²) in [5.41, 5.74) is -2.65. The lowest BCUT2D eigenvalue weighted by Crippen LogP contribution is -2.68. The van der Waals surface area contributed by atoms with Crippen LogP contribution in [0.3, 0.4) is 0 Å². The van der Waals surface area contributed by atoms with Crippen molar-refractivity contribution in [1.29, 1.82) is 0 Å². The zero-order valence-corrected chi connectivity index (χ0v) is 12.3. The third-order valence-corrected chi connectivity index (χ3v) is 5.81. The summed E-state index contributed by atoms with van der Waals surface area (Å²) in [6.45, 7) is 7.24. The molecule has 0 aromatic carbocycles. The van der Waals surface area contributed by atoms with Gasteiger partial charge in [0.05, 0.1) is 11.2 Å². The average molecular weight is 280 g/mol. The normalized spacial score (nSPS) is 46.3. The minimum absolute atomic E-state index is 0.322. The highest BCUT2D eigenvalue weighted by Crippen LogP contribution is 2.66. The zero-order valence-electron chi connectivity index (χ0n) is 12.3. The minimum Gasteiger partial charge on any atom is -0.456 e. The molecule has 2 atom stereocenters. The van der Waals surface area contributed by atoms with E-state index in [-0.39, 0.29) is 5.41 Å². The van der Waals surface area contributed by atoms with Gasteiger partial charge < -0.3 is 14.9 Å². The van der Waals surface area contributed by atoms with E-state index in [1.54, 1.807) is 0 Å². The van der Waals surface area contributed by atoms with Gasteiger partial charge in [-0.1, -0.05) is 6.58 Å². The SMILES string of the molecule is C=CC(=O)OC(C)(C)C12CC3CC(O)(CC(O)(C3)C1)C2. The maximum absolute atomic E-state index is 11.6. The molecule has 0 heterocycles. The molecular weight excluding hydrogens is 256 g/mol. The number of esters is 1. The summed E-state index contributed by atoms with van der Waals surface area (Å²) in [4.78, 5) is 11.6. The van der Waals surface area contributed by atoms with E-state index in [0.29, 0.717) is 25.2 Å². The van der Waals surface area contributed by atoms with Crippen molar-refractivity contribution in [3.63, 3.8) is 0 Å². The Bertz CT molecular complexity index is 449. The molecule has 0 aromatic rings. The Morgan fingerprint density at radius 1 is 1.20 bits per heavy atom. The lowest BCUT2D eigenvalue weighted by atomic mass is 9.43. The van der Waals surface area contributed by atoms with E-state index in [1.807, 2.05) is 13.8 Å². The largest absolute Gasteiger partial charge is 0.456 e. The molecule has 4 heteroatoms. The van der Waals surface area contributed by atoms with Gasteiger partial charge in [0.15, 0.2) is 0 Å². The van der Waals surface area contributed by atoms with Gasteiger partial charge in [-0.15, -0.1) is 0 Å². The van der Waals surface area contributed by atoms with E-state index in [9.17, 15) is 15.0 Å². The quantitative estimate of drug-likeness (QED) is 0.612. The van der Waals surface area contributed by atoms with Crippen molar-refractivity contribution in [2.75, 3.05) is 0 Å². The van der Waals surface area contributed by atoms with Crippen molar-refractivity contribution >= 4 is 5.97 Å². The predicted molar refractivity (Wildman–Crippen MR) is 73.9 cm³/mol. The number of ether oxygens (including phenoxy) is 1. The Balaban J connectivity index is 1.96. The second kappa shape index (κ2) is 3.86. The maximum Gasteiger partial charge on any atom is 0.330 e. The molecule has 0 aliphatic heterocycles. The van der Waals surface area contributed by atoms with Gasteiger partial charge in [0.2, 0.25) is 0 Å². The highest BCUT2D eigenvalue weighted by atomic mass is 16.6. The molecular formula is C16H24O4. The zero-order chi connectivity index (χ0) is 14.8. The second-order valence-corrected chi connectivity index (χ2v) is 7.87. The molecule has 4 nitrogen and oxygen atoms in total. The number of rotatable bonds is 3. The highest BCUT2D eigenvalue weighted by Gasteiger charge is 2.67. The Kier molecular flexibility index (Phi) is 2.72. The molecule has 4 aliphatic carbocycles. The van der Waals surface area contributed by atoms with Gasteiger partial charge >= 0.3 is 5.97 Å². The standard InChI is InChI=1S/C16H24O4/c1-4-12(17)20-13(2,3)14-5-11-6-15(18,8-14)10-16(19,7-11)9-14/h4,11,18-19H,1,5-10H2,2-3H3. The summed E-state index contributed by atoms with van der Waals surface area (Å²) in [5.74, 6) is -0.118.